The molecule has 1 fully saturated rings. The van der Waals surface area contributed by atoms with Crippen LogP contribution in [0.4, 0.5) is 45.9 Å². The van der Waals surface area contributed by atoms with Crippen molar-refractivity contribution >= 4 is 84.8 Å². The summed E-state index contributed by atoms with van der Waals surface area (Å²) in [6, 6.07) is 7.39. The van der Waals surface area contributed by atoms with Crippen LogP contribution >= 0.6 is 15.9 Å². The smallest absolute Gasteiger partial charge is 0.232 e. The average Bonchev–Trinajstić information content (AvgIpc) is 3.48. The number of morpholine rings is 1. The van der Waals surface area contributed by atoms with Crippen molar-refractivity contribution in [1.82, 2.24) is 19.7 Å². The maximum absolute atomic E-state index is 12.7. The summed E-state index contributed by atoms with van der Waals surface area (Å²) < 4.78 is 40.2. The number of hydrogen-bond donors (Lipinski definition) is 2. The number of methoxy groups -OCH3 is 1. The molecule has 16 heteroatoms. The van der Waals surface area contributed by atoms with E-state index in [1.54, 1.807) is 43.3 Å². The number of benzene rings is 2. The molecule has 1 aliphatic heterocycles. The summed E-state index contributed by atoms with van der Waals surface area (Å²) in [4.78, 5) is 19.9. The minimum Gasteiger partial charge on any atom is -0.494 e. The van der Waals surface area contributed by atoms with Gasteiger partial charge in [-0.15, -0.1) is 0 Å². The highest BCUT2D eigenvalue weighted by atomic mass is 79.9. The fourth-order valence-electron chi connectivity index (χ4n) is 4.99. The molecule has 4 aromatic rings. The van der Waals surface area contributed by atoms with Crippen molar-refractivity contribution in [2.75, 3.05) is 66.6 Å². The molecule has 1 saturated heterocycles. The van der Waals surface area contributed by atoms with Gasteiger partial charge in [0.05, 0.1) is 54.3 Å². The van der Waals surface area contributed by atoms with Gasteiger partial charge in [0, 0.05) is 68.7 Å². The first kappa shape index (κ1) is 32.8. The molecule has 1 aliphatic rings. The molecule has 3 heterocycles. The minimum absolute atomic E-state index is 0.273. The molecule has 5 rings (SSSR count). The van der Waals surface area contributed by atoms with Crippen LogP contribution in [0.2, 0.25) is 0 Å². The van der Waals surface area contributed by atoms with E-state index in [1.807, 2.05) is 31.6 Å². The Bertz CT molecular complexity index is 1890. The number of anilines is 6. The zero-order valence-electron chi connectivity index (χ0n) is 26.2. The molecule has 46 heavy (non-hydrogen) atoms. The first-order chi connectivity index (χ1) is 22.0. The molecule has 2 aromatic heterocycles. The Balaban J connectivity index is 1.56. The molecule has 0 unspecified atom stereocenters. The minimum atomic E-state index is -3.67. The molecule has 0 atom stereocenters. The van der Waals surface area contributed by atoms with E-state index in [4.69, 9.17) is 14.5 Å². The summed E-state index contributed by atoms with van der Waals surface area (Å²) in [5.41, 5.74) is 5.03. The summed E-state index contributed by atoms with van der Waals surface area (Å²) in [5.74, 6) is 1.25. The number of nitrogens with one attached hydrogen (secondary N) is 2. The molecule has 14 nitrogen and oxygen atoms in total. The number of aromatic nitrogens is 4. The Morgan fingerprint density at radius 3 is 2.57 bits per heavy atom. The monoisotopic (exact) mass is 710 g/mol. The Hall–Kier alpha value is -4.54. The Morgan fingerprint density at radius 1 is 1.17 bits per heavy atom. The van der Waals surface area contributed by atoms with Crippen molar-refractivity contribution in [3.63, 3.8) is 0 Å². The summed E-state index contributed by atoms with van der Waals surface area (Å²) in [6.07, 6.45) is 8.06. The molecule has 0 bridgehead atoms. The van der Waals surface area contributed by atoms with Crippen LogP contribution in [0.3, 0.4) is 0 Å². The molecular weight excluding hydrogens is 676 g/mol. The lowest BCUT2D eigenvalue weighted by Gasteiger charge is -2.31. The number of hydrogen-bond acceptors (Lipinski definition) is 12. The number of rotatable bonds is 11. The SMILES string of the molecule is C=Nc1ccc(Nc2nc(Nc3cc(-c4cnn(C)c4)c(N4CCOCC4)cc3OC)ncc2Br)c(N(C)S(C)(=O)=O)c1/N=C\C. The molecule has 2 N–H and O–H groups in total. The van der Waals surface area contributed by atoms with Crippen molar-refractivity contribution in [2.24, 2.45) is 17.0 Å². The number of ether oxygens (including phenoxy) is 2. The van der Waals surface area contributed by atoms with Gasteiger partial charge in [0.2, 0.25) is 16.0 Å². The number of sulfonamides is 1. The summed E-state index contributed by atoms with van der Waals surface area (Å²) in [5, 5.41) is 10.9. The topological polar surface area (TPSA) is 151 Å². The summed E-state index contributed by atoms with van der Waals surface area (Å²) in [6.45, 7) is 8.12. The lowest BCUT2D eigenvalue weighted by atomic mass is 10.0. The second-order valence-electron chi connectivity index (χ2n) is 10.3. The van der Waals surface area contributed by atoms with E-state index in [2.05, 4.69) is 58.2 Å². The fraction of sp³-hybridized carbons (Fsp3) is 0.300. The Morgan fingerprint density at radius 2 is 1.93 bits per heavy atom. The summed E-state index contributed by atoms with van der Waals surface area (Å²) in [7, 11) is 1.27. The van der Waals surface area contributed by atoms with Crippen LogP contribution in [0, 0.1) is 0 Å². The molecule has 0 saturated carbocycles. The zero-order chi connectivity index (χ0) is 33.0. The second kappa shape index (κ2) is 13.8. The fourth-order valence-corrected chi connectivity index (χ4v) is 5.80. The predicted octanol–water partition coefficient (Wildman–Crippen LogP) is 5.42. The van der Waals surface area contributed by atoms with Crippen LogP contribution in [0.15, 0.2) is 57.3 Å². The highest BCUT2D eigenvalue weighted by Crippen LogP contribution is 2.45. The highest BCUT2D eigenvalue weighted by Gasteiger charge is 2.24. The lowest BCUT2D eigenvalue weighted by Crippen LogP contribution is -2.36. The van der Waals surface area contributed by atoms with E-state index >= 15 is 0 Å². The maximum Gasteiger partial charge on any atom is 0.232 e. The third kappa shape index (κ3) is 6.98. The van der Waals surface area contributed by atoms with Gasteiger partial charge in [-0.3, -0.25) is 19.0 Å². The van der Waals surface area contributed by atoms with Gasteiger partial charge >= 0.3 is 0 Å². The highest BCUT2D eigenvalue weighted by molar-refractivity contribution is 9.10. The number of aliphatic imine (C=N–C) groups is 2. The van der Waals surface area contributed by atoms with E-state index in [9.17, 15) is 8.42 Å². The largest absolute Gasteiger partial charge is 0.494 e. The van der Waals surface area contributed by atoms with Crippen LogP contribution in [-0.4, -0.2) is 87.8 Å². The Labute approximate surface area is 276 Å². The quantitative estimate of drug-likeness (QED) is 0.193. The van der Waals surface area contributed by atoms with Crippen LogP contribution in [-0.2, 0) is 21.8 Å². The predicted molar refractivity (Wildman–Crippen MR) is 187 cm³/mol. The molecule has 242 valence electrons. The van der Waals surface area contributed by atoms with Gasteiger partial charge in [0.1, 0.15) is 22.9 Å². The molecule has 0 amide bonds. The first-order valence-electron chi connectivity index (χ1n) is 14.2. The van der Waals surface area contributed by atoms with Crippen LogP contribution in [0.1, 0.15) is 6.92 Å². The second-order valence-corrected chi connectivity index (χ2v) is 13.2. The zero-order valence-corrected chi connectivity index (χ0v) is 28.6. The van der Waals surface area contributed by atoms with Crippen LogP contribution in [0.25, 0.3) is 11.1 Å². The maximum atomic E-state index is 12.7. The van der Waals surface area contributed by atoms with E-state index in [-0.39, 0.29) is 11.6 Å². The lowest BCUT2D eigenvalue weighted by molar-refractivity contribution is 0.122. The molecule has 2 aromatic carbocycles. The number of halogens is 1. The summed E-state index contributed by atoms with van der Waals surface area (Å²) >= 11 is 3.52. The molecular formula is C30H35BrN10O4S. The standard InChI is InChI=1S/C30H35BrN10O4S/c1-7-33-27-22(32-2)8-9-23(28(27)40(4)46(6,42)43)36-29-21(31)17-34-30(38-29)37-24-14-20(19-16-35-39(3)18-19)25(15-26(24)44-5)41-10-12-45-13-11-41/h7-9,14-18H,2,10-13H2,1,3-6H3,(H2,34,36,37,38)/b33-7-. The van der Waals surface area contributed by atoms with Crippen molar-refractivity contribution in [2.45, 2.75) is 6.92 Å². The normalized spacial score (nSPS) is 13.6. The van der Waals surface area contributed by atoms with Gasteiger partial charge < -0.3 is 25.0 Å². The van der Waals surface area contributed by atoms with Gasteiger partial charge in [-0.1, -0.05) is 0 Å². The van der Waals surface area contributed by atoms with E-state index in [1.165, 1.54) is 7.05 Å². The Kier molecular flexibility index (Phi) is 9.88. The van der Waals surface area contributed by atoms with Gasteiger partial charge in [0.15, 0.2) is 0 Å². The van der Waals surface area contributed by atoms with Gasteiger partial charge in [-0.25, -0.2) is 13.4 Å². The van der Waals surface area contributed by atoms with Crippen molar-refractivity contribution in [1.29, 1.82) is 0 Å². The van der Waals surface area contributed by atoms with Crippen molar-refractivity contribution < 1.29 is 17.9 Å². The van der Waals surface area contributed by atoms with E-state index in [0.717, 1.165) is 40.5 Å². The van der Waals surface area contributed by atoms with E-state index in [0.29, 0.717) is 52.0 Å². The van der Waals surface area contributed by atoms with Crippen LogP contribution in [0.5, 0.6) is 5.75 Å². The van der Waals surface area contributed by atoms with Crippen molar-refractivity contribution in [3.05, 3.63) is 47.3 Å². The van der Waals surface area contributed by atoms with E-state index < -0.39 is 10.0 Å². The average molecular weight is 712 g/mol. The number of nitrogens with zero attached hydrogens (tertiary/aromatic N) is 8. The van der Waals surface area contributed by atoms with Crippen molar-refractivity contribution in [3.8, 4) is 16.9 Å². The third-order valence-corrected chi connectivity index (χ3v) is 9.06. The molecule has 0 aliphatic carbocycles. The van der Waals surface area contributed by atoms with Gasteiger partial charge in [-0.2, -0.15) is 10.1 Å². The number of aryl methyl sites for hydroxylation is 1. The molecule has 0 spiro atoms. The molecule has 0 radical (unpaired) electrons. The van der Waals surface area contributed by atoms with Gasteiger partial charge in [0.25, 0.3) is 0 Å². The third-order valence-electron chi connectivity index (χ3n) is 7.30. The van der Waals surface area contributed by atoms with Crippen LogP contribution < -0.4 is 24.6 Å². The van der Waals surface area contributed by atoms with Gasteiger partial charge in [-0.05, 0) is 47.8 Å². The first-order valence-corrected chi connectivity index (χ1v) is 16.8.